The van der Waals surface area contributed by atoms with Gasteiger partial charge >= 0.3 is 5.76 Å². The molecule has 0 aromatic rings. The predicted molar refractivity (Wildman–Crippen MR) is 44.4 cm³/mol. The summed E-state index contributed by atoms with van der Waals surface area (Å²) in [5.74, 6) is -3.57. The number of methoxy groups -OCH3 is 1. The van der Waals surface area contributed by atoms with Crippen molar-refractivity contribution in [1.82, 2.24) is 4.72 Å². The van der Waals surface area contributed by atoms with E-state index in [1.807, 2.05) is 0 Å². The van der Waals surface area contributed by atoms with Gasteiger partial charge in [-0.3, -0.25) is 0 Å². The molecule has 0 aliphatic carbocycles. The maximum absolute atomic E-state index is 11.8. The van der Waals surface area contributed by atoms with Crippen molar-refractivity contribution in [2.75, 3.05) is 19.6 Å². The van der Waals surface area contributed by atoms with Gasteiger partial charge < -0.3 is 4.74 Å². The Bertz CT molecular complexity index is 234. The molecule has 0 radical (unpaired) electrons. The van der Waals surface area contributed by atoms with Crippen LogP contribution in [0, 0.1) is 0 Å². The van der Waals surface area contributed by atoms with Gasteiger partial charge in [0, 0.05) is 13.0 Å². The Labute approximate surface area is 80.3 Å². The maximum atomic E-state index is 11.8. The molecule has 0 aromatic heterocycles. The zero-order valence-corrected chi connectivity index (χ0v) is 8.41. The zero-order valence-electron chi connectivity index (χ0n) is 6.84. The van der Waals surface area contributed by atoms with Gasteiger partial charge in [-0.15, -0.1) is 11.6 Å². The summed E-state index contributed by atoms with van der Waals surface area (Å²) in [6.45, 7) is -0.0462. The van der Waals surface area contributed by atoms with Crippen molar-refractivity contribution >= 4 is 21.6 Å². The highest BCUT2D eigenvalue weighted by Crippen LogP contribution is 2.03. The molecule has 0 saturated heterocycles. The van der Waals surface area contributed by atoms with Crippen molar-refractivity contribution in [2.24, 2.45) is 0 Å². The summed E-state index contributed by atoms with van der Waals surface area (Å²) in [7, 11) is -3.26. The summed E-state index contributed by atoms with van der Waals surface area (Å²) in [6, 6.07) is -0.828. The van der Waals surface area contributed by atoms with Gasteiger partial charge in [-0.05, 0) is 0 Å². The highest BCUT2D eigenvalue weighted by atomic mass is 35.5. The molecular weight excluding hydrogens is 228 g/mol. The lowest BCUT2D eigenvalue weighted by Crippen LogP contribution is -2.41. The van der Waals surface area contributed by atoms with Crippen LogP contribution >= 0.6 is 11.6 Å². The number of hydrogen-bond donors (Lipinski definition) is 1. The van der Waals surface area contributed by atoms with E-state index in [1.54, 1.807) is 4.72 Å². The second-order valence-electron chi connectivity index (χ2n) is 2.23. The minimum Gasteiger partial charge on any atom is -0.383 e. The second kappa shape index (κ2) is 5.69. The summed E-state index contributed by atoms with van der Waals surface area (Å²) in [5.41, 5.74) is 0. The normalized spacial score (nSPS) is 14.8. The van der Waals surface area contributed by atoms with Crippen LogP contribution in [0.15, 0.2) is 0 Å². The minimum absolute atomic E-state index is 0.0462. The van der Waals surface area contributed by atoms with Crippen LogP contribution in [0.25, 0.3) is 0 Å². The highest BCUT2D eigenvalue weighted by molar-refractivity contribution is 7.89. The fourth-order valence-corrected chi connectivity index (χ4v) is 1.57. The van der Waals surface area contributed by atoms with E-state index >= 15 is 0 Å². The number of ether oxygens (including phenoxy) is 1. The molecule has 0 heterocycles. The second-order valence-corrected chi connectivity index (χ2v) is 4.22. The van der Waals surface area contributed by atoms with Crippen molar-refractivity contribution in [3.8, 4) is 0 Å². The molecule has 0 saturated carbocycles. The monoisotopic (exact) mass is 237 g/mol. The topological polar surface area (TPSA) is 55.4 Å². The third-order valence-corrected chi connectivity index (χ3v) is 2.62. The highest BCUT2D eigenvalue weighted by Gasteiger charge is 2.26. The van der Waals surface area contributed by atoms with Crippen molar-refractivity contribution in [2.45, 2.75) is 11.8 Å². The largest absolute Gasteiger partial charge is 0.383 e. The molecule has 0 fully saturated rings. The number of nitrogens with one attached hydrogen (secondary N) is 1. The van der Waals surface area contributed by atoms with Crippen molar-refractivity contribution in [3.05, 3.63) is 0 Å². The van der Waals surface area contributed by atoms with E-state index in [0.29, 0.717) is 0 Å². The molecular formula is C5H10ClF2NO3S. The Morgan fingerprint density at radius 2 is 2.08 bits per heavy atom. The van der Waals surface area contributed by atoms with Gasteiger partial charge in [0.2, 0.25) is 0 Å². The van der Waals surface area contributed by atoms with Crippen LogP contribution in [0.1, 0.15) is 0 Å². The quantitative estimate of drug-likeness (QED) is 0.680. The standard InChI is InChI=1S/C5H10ClF2NO3S/c1-12-3-4(2-6)9-13(10,11)5(7)8/h4-5,9H,2-3H2,1H3. The lowest BCUT2D eigenvalue weighted by Gasteiger charge is -2.14. The van der Waals surface area contributed by atoms with Gasteiger partial charge in [0.25, 0.3) is 10.0 Å². The van der Waals surface area contributed by atoms with Crippen molar-refractivity contribution in [3.63, 3.8) is 0 Å². The maximum Gasteiger partial charge on any atom is 0.350 e. The molecule has 0 bridgehead atoms. The number of alkyl halides is 3. The first-order valence-electron chi connectivity index (χ1n) is 3.28. The van der Waals surface area contributed by atoms with E-state index in [2.05, 4.69) is 4.74 Å². The van der Waals surface area contributed by atoms with Crippen LogP contribution in [0.2, 0.25) is 0 Å². The molecule has 0 amide bonds. The van der Waals surface area contributed by atoms with Crippen LogP contribution in [-0.4, -0.2) is 39.8 Å². The van der Waals surface area contributed by atoms with E-state index in [4.69, 9.17) is 11.6 Å². The molecule has 8 heteroatoms. The Morgan fingerprint density at radius 1 is 1.54 bits per heavy atom. The van der Waals surface area contributed by atoms with Gasteiger partial charge in [0.15, 0.2) is 0 Å². The number of sulfonamides is 1. The smallest absolute Gasteiger partial charge is 0.350 e. The SMILES string of the molecule is COCC(CCl)NS(=O)(=O)C(F)F. The fraction of sp³-hybridized carbons (Fsp3) is 1.00. The Morgan fingerprint density at radius 3 is 2.38 bits per heavy atom. The molecule has 1 N–H and O–H groups in total. The number of halogens is 3. The first kappa shape index (κ1) is 13.0. The van der Waals surface area contributed by atoms with E-state index in [0.717, 1.165) is 0 Å². The van der Waals surface area contributed by atoms with Gasteiger partial charge in [0.1, 0.15) is 0 Å². The third kappa shape index (κ3) is 4.70. The van der Waals surface area contributed by atoms with E-state index < -0.39 is 21.8 Å². The summed E-state index contributed by atoms with van der Waals surface area (Å²) < 4.78 is 51.1. The molecule has 0 aromatic carbocycles. The fourth-order valence-electron chi connectivity index (χ4n) is 0.595. The predicted octanol–water partition coefficient (Wildman–Crippen LogP) is 0.382. The summed E-state index contributed by atoms with van der Waals surface area (Å²) in [4.78, 5) is 0. The Balaban J connectivity index is 4.23. The van der Waals surface area contributed by atoms with Gasteiger partial charge in [-0.2, -0.15) is 8.78 Å². The first-order valence-corrected chi connectivity index (χ1v) is 5.36. The molecule has 0 spiro atoms. The van der Waals surface area contributed by atoms with Crippen LogP contribution < -0.4 is 4.72 Å². The van der Waals surface area contributed by atoms with E-state index in [-0.39, 0.29) is 12.5 Å². The number of rotatable bonds is 6. The lowest BCUT2D eigenvalue weighted by atomic mass is 10.4. The van der Waals surface area contributed by atoms with E-state index in [9.17, 15) is 17.2 Å². The third-order valence-electron chi connectivity index (χ3n) is 1.12. The van der Waals surface area contributed by atoms with Crippen LogP contribution in [-0.2, 0) is 14.8 Å². The molecule has 4 nitrogen and oxygen atoms in total. The van der Waals surface area contributed by atoms with Gasteiger partial charge in [-0.1, -0.05) is 0 Å². The average molecular weight is 238 g/mol. The average Bonchev–Trinajstić information content (AvgIpc) is 2.03. The summed E-state index contributed by atoms with van der Waals surface area (Å²) >= 11 is 5.31. The molecule has 1 unspecified atom stereocenters. The molecule has 1 atom stereocenters. The Kier molecular flexibility index (Phi) is 5.70. The van der Waals surface area contributed by atoms with Crippen LogP contribution in [0.3, 0.4) is 0 Å². The zero-order chi connectivity index (χ0) is 10.5. The van der Waals surface area contributed by atoms with Gasteiger partial charge in [-0.25, -0.2) is 13.1 Å². The van der Waals surface area contributed by atoms with Crippen molar-refractivity contribution in [1.29, 1.82) is 0 Å². The minimum atomic E-state index is -4.58. The molecule has 13 heavy (non-hydrogen) atoms. The molecule has 0 aliphatic heterocycles. The number of hydrogen-bond acceptors (Lipinski definition) is 3. The van der Waals surface area contributed by atoms with E-state index in [1.165, 1.54) is 7.11 Å². The first-order chi connectivity index (χ1) is 5.94. The van der Waals surface area contributed by atoms with Gasteiger partial charge in [0.05, 0.1) is 12.6 Å². The molecule has 0 rings (SSSR count). The molecule has 0 aliphatic rings. The summed E-state index contributed by atoms with van der Waals surface area (Å²) in [6.07, 6.45) is 0. The van der Waals surface area contributed by atoms with Crippen molar-refractivity contribution < 1.29 is 21.9 Å². The summed E-state index contributed by atoms with van der Waals surface area (Å²) in [5, 5.41) is 0. The Hall–Kier alpha value is 0.0200. The molecule has 80 valence electrons. The lowest BCUT2D eigenvalue weighted by molar-refractivity contribution is 0.178. The van der Waals surface area contributed by atoms with Crippen LogP contribution in [0.4, 0.5) is 8.78 Å². The van der Waals surface area contributed by atoms with Crippen LogP contribution in [0.5, 0.6) is 0 Å².